The SMILES string of the molecule is CCCCc1cc2ccccc2c(OCC[N+](C)(C)C(c2ccccc2)c2ccc(C(N)=O)cc2-c2ccccc2)n1. The van der Waals surface area contributed by atoms with Crippen LogP contribution in [0.25, 0.3) is 21.9 Å². The number of ether oxygens (including phenoxy) is 1. The summed E-state index contributed by atoms with van der Waals surface area (Å²) in [7, 11) is 4.47. The van der Waals surface area contributed by atoms with Crippen LogP contribution in [0.3, 0.4) is 0 Å². The highest BCUT2D eigenvalue weighted by Gasteiger charge is 2.34. The summed E-state index contributed by atoms with van der Waals surface area (Å²) in [6.07, 6.45) is 3.17. The zero-order valence-corrected chi connectivity index (χ0v) is 24.8. The lowest BCUT2D eigenvalue weighted by Gasteiger charge is -2.39. The van der Waals surface area contributed by atoms with E-state index in [2.05, 4.69) is 87.7 Å². The number of benzene rings is 4. The first-order valence-electron chi connectivity index (χ1n) is 14.8. The summed E-state index contributed by atoms with van der Waals surface area (Å²) < 4.78 is 7.11. The number of quaternary nitrogens is 1. The second-order valence-electron chi connectivity index (χ2n) is 11.4. The summed E-state index contributed by atoms with van der Waals surface area (Å²) in [5.41, 5.74) is 11.7. The number of amides is 1. The fourth-order valence-corrected chi connectivity index (χ4v) is 5.73. The van der Waals surface area contributed by atoms with Gasteiger partial charge in [0, 0.05) is 27.8 Å². The van der Waals surface area contributed by atoms with Crippen LogP contribution in [-0.2, 0) is 6.42 Å². The number of hydrogen-bond donors (Lipinski definition) is 1. The number of carbonyl (C=O) groups is 1. The van der Waals surface area contributed by atoms with Gasteiger partial charge in [-0.1, -0.05) is 98.3 Å². The average molecular weight is 559 g/mol. The molecule has 2 N–H and O–H groups in total. The molecule has 5 heteroatoms. The quantitative estimate of drug-likeness (QED) is 0.161. The molecule has 5 aromatic rings. The molecular formula is C37H40N3O2+. The largest absolute Gasteiger partial charge is 0.471 e. The Bertz CT molecular complexity index is 1650. The summed E-state index contributed by atoms with van der Waals surface area (Å²) in [4.78, 5) is 17.1. The minimum absolute atomic E-state index is 0.0208. The van der Waals surface area contributed by atoms with Crippen molar-refractivity contribution in [2.45, 2.75) is 32.2 Å². The predicted octanol–water partition coefficient (Wildman–Crippen LogP) is 7.59. The predicted molar refractivity (Wildman–Crippen MR) is 172 cm³/mol. The van der Waals surface area contributed by atoms with Crippen LogP contribution in [0.2, 0.25) is 0 Å². The summed E-state index contributed by atoms with van der Waals surface area (Å²) >= 11 is 0. The van der Waals surface area contributed by atoms with Crippen LogP contribution in [0.15, 0.2) is 109 Å². The molecule has 1 amide bonds. The Kier molecular flexibility index (Phi) is 8.99. The molecule has 4 aromatic carbocycles. The van der Waals surface area contributed by atoms with Crippen LogP contribution in [0.4, 0.5) is 0 Å². The first-order chi connectivity index (χ1) is 20.4. The molecule has 0 saturated carbocycles. The van der Waals surface area contributed by atoms with Crippen molar-refractivity contribution in [1.29, 1.82) is 0 Å². The molecule has 1 atom stereocenters. The Balaban J connectivity index is 1.50. The van der Waals surface area contributed by atoms with Gasteiger partial charge in [0.05, 0.1) is 14.1 Å². The molecule has 0 saturated heterocycles. The maximum Gasteiger partial charge on any atom is 0.248 e. The van der Waals surface area contributed by atoms with E-state index in [1.165, 1.54) is 5.56 Å². The Morgan fingerprint density at radius 1 is 0.881 bits per heavy atom. The third-order valence-electron chi connectivity index (χ3n) is 7.98. The number of carbonyl (C=O) groups excluding carboxylic acids is 1. The zero-order chi connectivity index (χ0) is 29.5. The molecule has 0 aliphatic heterocycles. The molecule has 0 bridgehead atoms. The van der Waals surface area contributed by atoms with Crippen molar-refractivity contribution >= 4 is 16.7 Å². The molecule has 0 aliphatic carbocycles. The molecule has 5 rings (SSSR count). The monoisotopic (exact) mass is 558 g/mol. The molecule has 1 heterocycles. The maximum atomic E-state index is 12.2. The van der Waals surface area contributed by atoms with Crippen LogP contribution >= 0.6 is 0 Å². The van der Waals surface area contributed by atoms with Crippen molar-refractivity contribution < 1.29 is 14.0 Å². The molecule has 0 aliphatic rings. The highest BCUT2D eigenvalue weighted by Crippen LogP contribution is 2.39. The van der Waals surface area contributed by atoms with Gasteiger partial charge in [0.2, 0.25) is 11.8 Å². The fourth-order valence-electron chi connectivity index (χ4n) is 5.73. The van der Waals surface area contributed by atoms with Crippen LogP contribution < -0.4 is 10.5 Å². The number of aryl methyl sites for hydroxylation is 1. The molecule has 1 unspecified atom stereocenters. The van der Waals surface area contributed by atoms with E-state index in [4.69, 9.17) is 15.5 Å². The Morgan fingerprint density at radius 2 is 1.57 bits per heavy atom. The number of likely N-dealkylation sites (N-methyl/N-ethyl adjacent to an activating group) is 1. The summed E-state index contributed by atoms with van der Waals surface area (Å²) in [5, 5.41) is 2.20. The van der Waals surface area contributed by atoms with Gasteiger partial charge in [-0.25, -0.2) is 4.98 Å². The van der Waals surface area contributed by atoms with Gasteiger partial charge >= 0.3 is 0 Å². The maximum absolute atomic E-state index is 12.2. The van der Waals surface area contributed by atoms with Crippen LogP contribution in [-0.4, -0.2) is 42.6 Å². The Morgan fingerprint density at radius 3 is 2.29 bits per heavy atom. The van der Waals surface area contributed by atoms with Gasteiger partial charge in [-0.3, -0.25) is 4.79 Å². The third-order valence-corrected chi connectivity index (χ3v) is 7.98. The average Bonchev–Trinajstić information content (AvgIpc) is 3.01. The minimum atomic E-state index is -0.432. The van der Waals surface area contributed by atoms with Gasteiger partial charge in [0.1, 0.15) is 19.2 Å². The van der Waals surface area contributed by atoms with E-state index >= 15 is 0 Å². The molecule has 42 heavy (non-hydrogen) atoms. The van der Waals surface area contributed by atoms with E-state index in [-0.39, 0.29) is 6.04 Å². The van der Waals surface area contributed by atoms with Crippen LogP contribution in [0.5, 0.6) is 5.88 Å². The fraction of sp³-hybridized carbons (Fsp3) is 0.243. The van der Waals surface area contributed by atoms with E-state index in [9.17, 15) is 4.79 Å². The number of nitrogens with zero attached hydrogens (tertiary/aromatic N) is 2. The first kappa shape index (κ1) is 29.0. The van der Waals surface area contributed by atoms with Crippen molar-refractivity contribution in [3.8, 4) is 17.0 Å². The molecule has 0 spiro atoms. The molecule has 5 nitrogen and oxygen atoms in total. The number of pyridine rings is 1. The van der Waals surface area contributed by atoms with Gasteiger partial charge < -0.3 is 15.0 Å². The second kappa shape index (κ2) is 13.0. The number of rotatable bonds is 12. The topological polar surface area (TPSA) is 65.2 Å². The van der Waals surface area contributed by atoms with Gasteiger partial charge in [-0.15, -0.1) is 0 Å². The van der Waals surface area contributed by atoms with Crippen molar-refractivity contribution in [2.75, 3.05) is 27.2 Å². The molecular weight excluding hydrogens is 518 g/mol. The van der Waals surface area contributed by atoms with E-state index in [1.807, 2.05) is 42.5 Å². The number of aromatic nitrogens is 1. The van der Waals surface area contributed by atoms with Gasteiger partial charge in [-0.05, 0) is 53.6 Å². The lowest BCUT2D eigenvalue weighted by Crippen LogP contribution is -2.46. The number of unbranched alkanes of at least 4 members (excludes halogenated alkanes) is 1. The highest BCUT2D eigenvalue weighted by molar-refractivity contribution is 5.94. The second-order valence-corrected chi connectivity index (χ2v) is 11.4. The van der Waals surface area contributed by atoms with Crippen LogP contribution in [0.1, 0.15) is 53.0 Å². The minimum Gasteiger partial charge on any atom is -0.471 e. The van der Waals surface area contributed by atoms with E-state index in [1.54, 1.807) is 0 Å². The Hall–Kier alpha value is -4.48. The summed E-state index contributed by atoms with van der Waals surface area (Å²) in [6.45, 7) is 3.44. The van der Waals surface area contributed by atoms with E-state index in [0.717, 1.165) is 59.0 Å². The summed E-state index contributed by atoms with van der Waals surface area (Å²) in [5.74, 6) is 0.268. The van der Waals surface area contributed by atoms with Gasteiger partial charge in [0.15, 0.2) is 0 Å². The van der Waals surface area contributed by atoms with E-state index in [0.29, 0.717) is 22.5 Å². The molecule has 214 valence electrons. The van der Waals surface area contributed by atoms with Crippen molar-refractivity contribution in [2.24, 2.45) is 5.73 Å². The number of nitrogens with two attached hydrogens (primary N) is 1. The first-order valence-corrected chi connectivity index (χ1v) is 14.8. The van der Waals surface area contributed by atoms with Crippen molar-refractivity contribution in [3.05, 3.63) is 132 Å². The lowest BCUT2D eigenvalue weighted by molar-refractivity contribution is -0.915. The number of primary amides is 1. The zero-order valence-electron chi connectivity index (χ0n) is 24.8. The Labute approximate surface area is 249 Å². The number of fused-ring (bicyclic) bond motifs is 1. The molecule has 0 fully saturated rings. The number of hydrogen-bond acceptors (Lipinski definition) is 3. The molecule has 1 aromatic heterocycles. The van der Waals surface area contributed by atoms with E-state index < -0.39 is 5.91 Å². The smallest absolute Gasteiger partial charge is 0.248 e. The van der Waals surface area contributed by atoms with Crippen LogP contribution in [0, 0.1) is 0 Å². The van der Waals surface area contributed by atoms with Crippen molar-refractivity contribution in [1.82, 2.24) is 4.98 Å². The normalized spacial score (nSPS) is 12.3. The molecule has 0 radical (unpaired) electrons. The van der Waals surface area contributed by atoms with Gasteiger partial charge in [0.25, 0.3) is 0 Å². The summed E-state index contributed by atoms with van der Waals surface area (Å²) in [6, 6.07) is 37.1. The lowest BCUT2D eigenvalue weighted by atomic mass is 9.87. The third kappa shape index (κ3) is 6.53. The highest BCUT2D eigenvalue weighted by atomic mass is 16.5. The standard InChI is InChI=1S/C37H39N3O2/c1-4-5-19-31-25-29-18-12-13-20-32(29)37(39-31)42-24-23-40(2,3)35(28-16-10-7-11-17-28)33-22-21-30(36(38)41)26-34(33)27-14-8-6-9-15-27/h6-18,20-22,25-26,35H,4-5,19,23-24H2,1-3H3,(H-,38,41)/p+1. The van der Waals surface area contributed by atoms with Gasteiger partial charge in [-0.2, -0.15) is 0 Å². The van der Waals surface area contributed by atoms with Crippen molar-refractivity contribution in [3.63, 3.8) is 0 Å².